The molecule has 0 aliphatic rings. The second-order valence-corrected chi connectivity index (χ2v) is 9.88. The molecular formula is C23H27N5O2S2. The van der Waals surface area contributed by atoms with Crippen LogP contribution >= 0.6 is 23.1 Å². The number of carbonyl (C=O) groups is 2. The van der Waals surface area contributed by atoms with Crippen LogP contribution in [-0.2, 0) is 9.59 Å². The summed E-state index contributed by atoms with van der Waals surface area (Å²) in [6, 6.07) is 10.1. The van der Waals surface area contributed by atoms with Crippen LogP contribution in [0, 0.1) is 34.6 Å². The van der Waals surface area contributed by atoms with E-state index in [2.05, 4.69) is 52.1 Å². The van der Waals surface area contributed by atoms with E-state index in [4.69, 9.17) is 0 Å². The van der Waals surface area contributed by atoms with Crippen LogP contribution < -0.4 is 16.0 Å². The third-order valence-corrected chi connectivity index (χ3v) is 6.85. The van der Waals surface area contributed by atoms with Gasteiger partial charge in [0.2, 0.25) is 16.9 Å². The summed E-state index contributed by atoms with van der Waals surface area (Å²) < 4.78 is 0.682. The first-order valence-corrected chi connectivity index (χ1v) is 12.0. The lowest BCUT2D eigenvalue weighted by molar-refractivity contribution is -0.122. The zero-order chi connectivity index (χ0) is 23.3. The topological polar surface area (TPSA) is 96.0 Å². The van der Waals surface area contributed by atoms with Crippen molar-refractivity contribution >= 4 is 51.4 Å². The number of carbonyl (C=O) groups excluding carboxylic acids is 2. The number of hydrogen-bond acceptors (Lipinski definition) is 7. The minimum atomic E-state index is -0.255. The molecule has 3 aromatic rings. The van der Waals surface area contributed by atoms with Crippen molar-refractivity contribution in [2.24, 2.45) is 0 Å². The lowest BCUT2D eigenvalue weighted by atomic mass is 10.1. The standard InChI is InChI=1S/C23H27N5O2S2/c1-13-8-16(4)21(17(5)9-13)26-19(29)11-24-20(30)12-31-23-28-27-22(32-23)25-18-7-6-14(2)15(3)10-18/h6-10H,11-12H2,1-5H3,(H,24,30)(H,25,27)(H,26,29). The average Bonchev–Trinajstić information content (AvgIpc) is 3.17. The van der Waals surface area contributed by atoms with E-state index in [1.807, 2.05) is 39.0 Å². The smallest absolute Gasteiger partial charge is 0.243 e. The number of hydrogen-bond donors (Lipinski definition) is 3. The normalized spacial score (nSPS) is 10.7. The van der Waals surface area contributed by atoms with Crippen molar-refractivity contribution in [1.82, 2.24) is 15.5 Å². The van der Waals surface area contributed by atoms with E-state index in [0.29, 0.717) is 9.47 Å². The van der Waals surface area contributed by atoms with Crippen molar-refractivity contribution in [2.75, 3.05) is 22.9 Å². The first kappa shape index (κ1) is 23.7. The second-order valence-electron chi connectivity index (χ2n) is 7.68. The Labute approximate surface area is 196 Å². The molecule has 0 saturated heterocycles. The van der Waals surface area contributed by atoms with Gasteiger partial charge in [0.15, 0.2) is 4.34 Å². The Bertz CT molecular complexity index is 1120. The van der Waals surface area contributed by atoms with Gasteiger partial charge in [-0.25, -0.2) is 0 Å². The summed E-state index contributed by atoms with van der Waals surface area (Å²) >= 11 is 2.67. The van der Waals surface area contributed by atoms with Gasteiger partial charge in [0.05, 0.1) is 12.3 Å². The lowest BCUT2D eigenvalue weighted by Gasteiger charge is -2.13. The minimum Gasteiger partial charge on any atom is -0.346 e. The number of aromatic nitrogens is 2. The number of nitrogens with zero attached hydrogens (tertiary/aromatic N) is 2. The van der Waals surface area contributed by atoms with Crippen LogP contribution in [0.1, 0.15) is 27.8 Å². The van der Waals surface area contributed by atoms with Crippen LogP contribution in [-0.4, -0.2) is 34.3 Å². The highest BCUT2D eigenvalue weighted by Crippen LogP contribution is 2.28. The van der Waals surface area contributed by atoms with E-state index in [9.17, 15) is 9.59 Å². The van der Waals surface area contributed by atoms with Gasteiger partial charge in [0.1, 0.15) is 0 Å². The fraction of sp³-hybridized carbons (Fsp3) is 0.304. The Hall–Kier alpha value is -2.91. The number of anilines is 3. The molecule has 0 unspecified atom stereocenters. The zero-order valence-corrected chi connectivity index (χ0v) is 20.5. The maximum atomic E-state index is 12.2. The molecule has 9 heteroatoms. The second kappa shape index (κ2) is 10.6. The highest BCUT2D eigenvalue weighted by Gasteiger charge is 2.12. The van der Waals surface area contributed by atoms with Gasteiger partial charge < -0.3 is 16.0 Å². The number of nitrogens with one attached hydrogen (secondary N) is 3. The van der Waals surface area contributed by atoms with Crippen LogP contribution in [0.5, 0.6) is 0 Å². The SMILES string of the molecule is Cc1cc(C)c(NC(=O)CNC(=O)CSc2nnc(Nc3ccc(C)c(C)c3)s2)c(C)c1. The summed E-state index contributed by atoms with van der Waals surface area (Å²) in [4.78, 5) is 24.4. The summed E-state index contributed by atoms with van der Waals surface area (Å²) in [5, 5.41) is 17.7. The van der Waals surface area contributed by atoms with E-state index >= 15 is 0 Å². The van der Waals surface area contributed by atoms with Crippen LogP contribution in [0.3, 0.4) is 0 Å². The Balaban J connectivity index is 1.44. The summed E-state index contributed by atoms with van der Waals surface area (Å²) in [6.45, 7) is 9.97. The highest BCUT2D eigenvalue weighted by atomic mass is 32.2. The predicted molar refractivity (Wildman–Crippen MR) is 132 cm³/mol. The molecule has 0 aliphatic heterocycles. The van der Waals surface area contributed by atoms with Crippen molar-refractivity contribution in [2.45, 2.75) is 39.0 Å². The predicted octanol–water partition coefficient (Wildman–Crippen LogP) is 4.67. The monoisotopic (exact) mass is 469 g/mol. The number of amides is 2. The van der Waals surface area contributed by atoms with Gasteiger partial charge in [-0.1, -0.05) is 46.9 Å². The molecule has 32 heavy (non-hydrogen) atoms. The zero-order valence-electron chi connectivity index (χ0n) is 18.8. The Morgan fingerprint density at radius 3 is 2.31 bits per heavy atom. The van der Waals surface area contributed by atoms with Crippen molar-refractivity contribution in [3.63, 3.8) is 0 Å². The van der Waals surface area contributed by atoms with Gasteiger partial charge >= 0.3 is 0 Å². The number of aryl methyl sites for hydroxylation is 5. The van der Waals surface area contributed by atoms with E-state index in [-0.39, 0.29) is 24.1 Å². The van der Waals surface area contributed by atoms with Gasteiger partial charge in [-0.15, -0.1) is 10.2 Å². The first-order valence-electron chi connectivity index (χ1n) is 10.2. The quantitative estimate of drug-likeness (QED) is 0.415. The summed E-state index contributed by atoms with van der Waals surface area (Å²) in [6.07, 6.45) is 0. The Morgan fingerprint density at radius 1 is 0.906 bits per heavy atom. The summed E-state index contributed by atoms with van der Waals surface area (Å²) in [5.74, 6) is -0.329. The third kappa shape index (κ3) is 6.54. The maximum absolute atomic E-state index is 12.2. The van der Waals surface area contributed by atoms with E-state index in [1.165, 1.54) is 34.2 Å². The van der Waals surface area contributed by atoms with E-state index in [0.717, 1.165) is 28.1 Å². The number of thioether (sulfide) groups is 1. The fourth-order valence-electron chi connectivity index (χ4n) is 3.18. The molecule has 3 rings (SSSR count). The first-order chi connectivity index (χ1) is 15.2. The van der Waals surface area contributed by atoms with Crippen LogP contribution in [0.25, 0.3) is 0 Å². The highest BCUT2D eigenvalue weighted by molar-refractivity contribution is 8.01. The Morgan fingerprint density at radius 2 is 1.62 bits per heavy atom. The van der Waals surface area contributed by atoms with Crippen molar-refractivity contribution in [3.8, 4) is 0 Å². The molecule has 2 aromatic carbocycles. The maximum Gasteiger partial charge on any atom is 0.243 e. The summed E-state index contributed by atoms with van der Waals surface area (Å²) in [7, 11) is 0. The summed E-state index contributed by atoms with van der Waals surface area (Å²) in [5.41, 5.74) is 7.31. The van der Waals surface area contributed by atoms with Crippen molar-refractivity contribution in [3.05, 3.63) is 58.1 Å². The third-order valence-electron chi connectivity index (χ3n) is 4.88. The van der Waals surface area contributed by atoms with Gasteiger partial charge in [0.25, 0.3) is 0 Å². The molecule has 0 aliphatic carbocycles. The van der Waals surface area contributed by atoms with Gasteiger partial charge in [-0.05, 0) is 69.0 Å². The minimum absolute atomic E-state index is 0.0815. The molecule has 1 heterocycles. The number of rotatable bonds is 8. The van der Waals surface area contributed by atoms with Gasteiger partial charge in [-0.3, -0.25) is 9.59 Å². The van der Waals surface area contributed by atoms with E-state index < -0.39 is 0 Å². The van der Waals surface area contributed by atoms with Gasteiger partial charge in [0, 0.05) is 11.4 Å². The Kier molecular flexibility index (Phi) is 7.87. The molecule has 168 valence electrons. The number of benzene rings is 2. The molecule has 0 fully saturated rings. The van der Waals surface area contributed by atoms with Gasteiger partial charge in [-0.2, -0.15) is 0 Å². The lowest BCUT2D eigenvalue weighted by Crippen LogP contribution is -2.34. The molecule has 3 N–H and O–H groups in total. The molecule has 0 atom stereocenters. The molecule has 0 radical (unpaired) electrons. The molecule has 7 nitrogen and oxygen atoms in total. The molecule has 0 spiro atoms. The van der Waals surface area contributed by atoms with E-state index in [1.54, 1.807) is 0 Å². The van der Waals surface area contributed by atoms with Crippen molar-refractivity contribution in [1.29, 1.82) is 0 Å². The molecule has 0 bridgehead atoms. The molecule has 2 amide bonds. The van der Waals surface area contributed by atoms with Crippen molar-refractivity contribution < 1.29 is 9.59 Å². The largest absolute Gasteiger partial charge is 0.346 e. The molecule has 1 aromatic heterocycles. The molecule has 0 saturated carbocycles. The van der Waals surface area contributed by atoms with Crippen LogP contribution in [0.2, 0.25) is 0 Å². The fourth-order valence-corrected chi connectivity index (χ4v) is 4.78. The van der Waals surface area contributed by atoms with Crippen LogP contribution in [0.15, 0.2) is 34.7 Å². The average molecular weight is 470 g/mol. The van der Waals surface area contributed by atoms with Crippen LogP contribution in [0.4, 0.5) is 16.5 Å². The molecular weight excluding hydrogens is 442 g/mol.